The summed E-state index contributed by atoms with van der Waals surface area (Å²) in [5.74, 6) is 0.140. The van der Waals surface area contributed by atoms with Crippen molar-refractivity contribution in [3.8, 4) is 5.75 Å². The molecule has 0 unspecified atom stereocenters. The predicted octanol–water partition coefficient (Wildman–Crippen LogP) is 7.16. The number of phenolic OH excluding ortho intramolecular Hbond substituents is 1. The van der Waals surface area contributed by atoms with Crippen molar-refractivity contribution in [1.29, 1.82) is 0 Å². The van der Waals surface area contributed by atoms with Gasteiger partial charge < -0.3 is 5.11 Å². The number of carbonyl (C=O) groups is 1. The number of benzene rings is 1. The summed E-state index contributed by atoms with van der Waals surface area (Å²) in [6.45, 7) is 2.15. The Bertz CT molecular complexity index is 582. The molecule has 0 bridgehead atoms. The maximum absolute atomic E-state index is 12.0. The van der Waals surface area contributed by atoms with Gasteiger partial charge in [-0.2, -0.15) is 0 Å². The number of carbonyl (C=O) groups excluding carboxylic acids is 1. The number of para-hydroxylation sites is 1. The highest BCUT2D eigenvalue weighted by atomic mass is 16.3. The van der Waals surface area contributed by atoms with Crippen LogP contribution in [0.2, 0.25) is 0 Å². The van der Waals surface area contributed by atoms with Gasteiger partial charge in [-0.1, -0.05) is 74.8 Å². The molecule has 1 rings (SSSR count). The Morgan fingerprint density at radius 2 is 1.46 bits per heavy atom. The number of aromatic hydroxyl groups is 1. The molecule has 0 saturated heterocycles. The average molecular weight is 355 g/mol. The summed E-state index contributed by atoms with van der Waals surface area (Å²) in [5, 5.41) is 9.67. The third-order valence-corrected chi connectivity index (χ3v) is 4.26. The molecule has 2 heteroatoms. The Morgan fingerprint density at radius 3 is 2.19 bits per heavy atom. The Balaban J connectivity index is 1.96. The molecule has 0 aromatic heterocycles. The van der Waals surface area contributed by atoms with E-state index in [9.17, 15) is 9.90 Å². The molecule has 0 saturated carbocycles. The van der Waals surface area contributed by atoms with Crippen molar-refractivity contribution in [3.63, 3.8) is 0 Å². The van der Waals surface area contributed by atoms with Gasteiger partial charge in [0.2, 0.25) is 0 Å². The second kappa shape index (κ2) is 15.2. The number of allylic oxidation sites excluding steroid dienone is 6. The molecule has 0 heterocycles. The van der Waals surface area contributed by atoms with E-state index in [2.05, 4.69) is 43.4 Å². The van der Waals surface area contributed by atoms with Gasteiger partial charge >= 0.3 is 0 Å². The summed E-state index contributed by atoms with van der Waals surface area (Å²) in [6.07, 6.45) is 23.8. The number of hydrogen-bond donors (Lipinski definition) is 1. The average Bonchev–Trinajstić information content (AvgIpc) is 2.65. The summed E-state index contributed by atoms with van der Waals surface area (Å²) in [7, 11) is 0. The summed E-state index contributed by atoms with van der Waals surface area (Å²) >= 11 is 0. The third-order valence-electron chi connectivity index (χ3n) is 4.26. The van der Waals surface area contributed by atoms with Crippen LogP contribution in [0.15, 0.2) is 60.7 Å². The minimum atomic E-state index is 0.0456. The van der Waals surface area contributed by atoms with E-state index in [1.807, 2.05) is 0 Å². The van der Waals surface area contributed by atoms with Crippen LogP contribution in [0.4, 0.5) is 0 Å². The van der Waals surface area contributed by atoms with E-state index in [-0.39, 0.29) is 11.5 Å². The van der Waals surface area contributed by atoms with Gasteiger partial charge in [0.1, 0.15) is 5.75 Å². The van der Waals surface area contributed by atoms with E-state index in [1.165, 1.54) is 19.3 Å². The topological polar surface area (TPSA) is 37.3 Å². The maximum atomic E-state index is 12.0. The van der Waals surface area contributed by atoms with Gasteiger partial charge in [0.05, 0.1) is 5.56 Å². The van der Waals surface area contributed by atoms with Crippen LogP contribution in [0, 0.1) is 0 Å². The second-order valence-corrected chi connectivity index (χ2v) is 6.54. The Hall–Kier alpha value is -2.09. The molecule has 0 atom stereocenters. The van der Waals surface area contributed by atoms with Crippen LogP contribution in [0.3, 0.4) is 0 Å². The van der Waals surface area contributed by atoms with Gasteiger partial charge in [0.25, 0.3) is 0 Å². The van der Waals surface area contributed by atoms with Crippen LogP contribution in [0.5, 0.6) is 5.75 Å². The van der Waals surface area contributed by atoms with E-state index < -0.39 is 0 Å². The van der Waals surface area contributed by atoms with Gasteiger partial charge in [-0.15, -0.1) is 0 Å². The first kappa shape index (κ1) is 22.0. The van der Waals surface area contributed by atoms with Crippen LogP contribution in [-0.4, -0.2) is 10.9 Å². The molecule has 1 aromatic carbocycles. The van der Waals surface area contributed by atoms with Crippen molar-refractivity contribution < 1.29 is 9.90 Å². The summed E-state index contributed by atoms with van der Waals surface area (Å²) < 4.78 is 0. The molecule has 1 aromatic rings. The van der Waals surface area contributed by atoms with Crippen molar-refractivity contribution in [2.45, 2.75) is 71.1 Å². The van der Waals surface area contributed by atoms with Crippen molar-refractivity contribution in [2.75, 3.05) is 0 Å². The molecule has 0 aliphatic rings. The Labute approximate surface area is 159 Å². The Morgan fingerprint density at radius 1 is 0.846 bits per heavy atom. The van der Waals surface area contributed by atoms with E-state index in [1.54, 1.807) is 24.3 Å². The zero-order valence-electron chi connectivity index (χ0n) is 16.2. The van der Waals surface area contributed by atoms with Crippen LogP contribution in [0.25, 0.3) is 0 Å². The molecule has 0 radical (unpaired) electrons. The van der Waals surface area contributed by atoms with Crippen LogP contribution >= 0.6 is 0 Å². The van der Waals surface area contributed by atoms with Gasteiger partial charge in [-0.25, -0.2) is 0 Å². The van der Waals surface area contributed by atoms with E-state index >= 15 is 0 Å². The Kier molecular flexibility index (Phi) is 12.8. The molecule has 26 heavy (non-hydrogen) atoms. The molecule has 142 valence electrons. The lowest BCUT2D eigenvalue weighted by atomic mass is 10.0. The van der Waals surface area contributed by atoms with E-state index in [0.29, 0.717) is 12.0 Å². The second-order valence-electron chi connectivity index (χ2n) is 6.54. The van der Waals surface area contributed by atoms with E-state index in [4.69, 9.17) is 0 Å². The SMILES string of the molecule is CC/C=C\C/C=C\C/C=C\CCCCCCCC(=O)c1ccccc1O. The largest absolute Gasteiger partial charge is 0.507 e. The van der Waals surface area contributed by atoms with Crippen molar-refractivity contribution in [1.82, 2.24) is 0 Å². The minimum absolute atomic E-state index is 0.0456. The van der Waals surface area contributed by atoms with Crippen molar-refractivity contribution >= 4 is 5.78 Å². The molecule has 0 amide bonds. The quantitative estimate of drug-likeness (QED) is 0.218. The molecular weight excluding hydrogens is 320 g/mol. The lowest BCUT2D eigenvalue weighted by Crippen LogP contribution is -1.99. The van der Waals surface area contributed by atoms with E-state index in [0.717, 1.165) is 38.5 Å². The minimum Gasteiger partial charge on any atom is -0.507 e. The molecule has 1 N–H and O–H groups in total. The van der Waals surface area contributed by atoms with Crippen LogP contribution < -0.4 is 0 Å². The van der Waals surface area contributed by atoms with Gasteiger partial charge in [0, 0.05) is 6.42 Å². The highest BCUT2D eigenvalue weighted by molar-refractivity contribution is 5.98. The number of Topliss-reactive ketones (excluding diaryl/α,β-unsaturated/α-hetero) is 1. The highest BCUT2D eigenvalue weighted by Crippen LogP contribution is 2.19. The van der Waals surface area contributed by atoms with Crippen LogP contribution in [0.1, 0.15) is 81.5 Å². The highest BCUT2D eigenvalue weighted by Gasteiger charge is 2.09. The first-order valence-electron chi connectivity index (χ1n) is 10.0. The molecule has 0 fully saturated rings. The number of ketones is 1. The summed E-state index contributed by atoms with van der Waals surface area (Å²) in [5.41, 5.74) is 0.452. The standard InChI is InChI=1S/C24H34O2/c1-2-3-4-5-6-7-8-9-10-11-12-13-14-15-16-20-23(25)22-19-17-18-21-24(22)26/h3-4,6-7,9-10,17-19,21,26H,2,5,8,11-16,20H2,1H3/b4-3-,7-6-,10-9-. The monoisotopic (exact) mass is 354 g/mol. The van der Waals surface area contributed by atoms with Gasteiger partial charge in [0.15, 0.2) is 5.78 Å². The zero-order chi connectivity index (χ0) is 18.9. The molecular formula is C24H34O2. The predicted molar refractivity (Wildman–Crippen MR) is 112 cm³/mol. The van der Waals surface area contributed by atoms with Crippen LogP contribution in [-0.2, 0) is 0 Å². The molecule has 0 aliphatic carbocycles. The molecule has 0 aliphatic heterocycles. The molecule has 0 spiro atoms. The smallest absolute Gasteiger partial charge is 0.166 e. The van der Waals surface area contributed by atoms with Gasteiger partial charge in [-0.05, 0) is 50.7 Å². The summed E-state index contributed by atoms with van der Waals surface area (Å²) in [4.78, 5) is 12.0. The lowest BCUT2D eigenvalue weighted by Gasteiger charge is -2.03. The number of phenols is 1. The normalized spacial score (nSPS) is 11.9. The van der Waals surface area contributed by atoms with Gasteiger partial charge in [-0.3, -0.25) is 4.79 Å². The lowest BCUT2D eigenvalue weighted by molar-refractivity contribution is 0.0976. The fourth-order valence-corrected chi connectivity index (χ4v) is 2.75. The number of unbranched alkanes of at least 4 members (excludes halogenated alkanes) is 5. The first-order valence-corrected chi connectivity index (χ1v) is 10.0. The fourth-order valence-electron chi connectivity index (χ4n) is 2.75. The third kappa shape index (κ3) is 10.7. The molecule has 2 nitrogen and oxygen atoms in total. The van der Waals surface area contributed by atoms with Crippen molar-refractivity contribution in [3.05, 3.63) is 66.3 Å². The first-order chi connectivity index (χ1) is 12.8. The van der Waals surface area contributed by atoms with Crippen molar-refractivity contribution in [2.24, 2.45) is 0 Å². The summed E-state index contributed by atoms with van der Waals surface area (Å²) in [6, 6.07) is 6.79. The number of hydrogen-bond acceptors (Lipinski definition) is 2. The maximum Gasteiger partial charge on any atom is 0.166 e. The zero-order valence-corrected chi connectivity index (χ0v) is 16.2. The number of rotatable bonds is 14. The fraction of sp³-hybridized carbons (Fsp3) is 0.458.